The van der Waals surface area contributed by atoms with Crippen molar-refractivity contribution in [2.24, 2.45) is 11.5 Å². The monoisotopic (exact) mass is 641 g/mol. The van der Waals surface area contributed by atoms with Crippen molar-refractivity contribution in [2.75, 3.05) is 18.8 Å². The summed E-state index contributed by atoms with van der Waals surface area (Å²) in [4.78, 5) is 37.4. The molecule has 2 aromatic carbocycles. The van der Waals surface area contributed by atoms with Crippen LogP contribution in [0, 0.1) is 0 Å². The van der Waals surface area contributed by atoms with Gasteiger partial charge in [0.1, 0.15) is 11.1 Å². The number of aromatic nitrogens is 2. The lowest BCUT2D eigenvalue weighted by Gasteiger charge is -2.32. The number of carbonyl (C=O) groups excluding carboxylic acids is 2. The zero-order chi connectivity index (χ0) is 30.9. The van der Waals surface area contributed by atoms with Gasteiger partial charge in [-0.05, 0) is 62.2 Å². The van der Waals surface area contributed by atoms with Gasteiger partial charge in [0.25, 0.3) is 0 Å². The maximum absolute atomic E-state index is 14.0. The van der Waals surface area contributed by atoms with Crippen molar-refractivity contribution in [3.63, 3.8) is 0 Å². The Bertz CT molecular complexity index is 1560. The van der Waals surface area contributed by atoms with Gasteiger partial charge in [-0.1, -0.05) is 59.6 Å². The molecule has 9 nitrogen and oxygen atoms in total. The molecular weight excluding hydrogens is 605 g/mol. The van der Waals surface area contributed by atoms with E-state index in [0.29, 0.717) is 57.1 Å². The van der Waals surface area contributed by atoms with Gasteiger partial charge < -0.3 is 32.4 Å². The van der Waals surface area contributed by atoms with Crippen LogP contribution in [-0.2, 0) is 22.6 Å². The van der Waals surface area contributed by atoms with Crippen molar-refractivity contribution in [2.45, 2.75) is 61.2 Å². The molecule has 43 heavy (non-hydrogen) atoms. The second kappa shape index (κ2) is 15.4. The lowest BCUT2D eigenvalue weighted by Crippen LogP contribution is -2.54. The minimum Gasteiger partial charge on any atom is -0.397 e. The average molecular weight is 643 g/mol. The molecule has 228 valence electrons. The molecule has 2 aromatic heterocycles. The summed E-state index contributed by atoms with van der Waals surface area (Å²) in [6.45, 7) is 2.76. The summed E-state index contributed by atoms with van der Waals surface area (Å²) in [6, 6.07) is 13.2. The molecule has 0 saturated carbocycles. The number of amides is 2. The summed E-state index contributed by atoms with van der Waals surface area (Å²) in [5.74, 6) is -0.610. The van der Waals surface area contributed by atoms with Crippen LogP contribution in [0.3, 0.4) is 0 Å². The Morgan fingerprint density at radius 3 is 2.60 bits per heavy atom. The number of nitrogen functional groups attached to an aromatic ring is 1. The minimum absolute atomic E-state index is 0.0754. The molecule has 8 N–H and O–H groups in total. The van der Waals surface area contributed by atoms with E-state index in [4.69, 9.17) is 40.4 Å². The number of H-pyrrole nitrogens is 1. The SMILES string of the molecule is CCN(C(=O)[C@@H](N)CCCCN)[C@@H](Cc1c[nH]c2ccccc12)C(=O)NCc1c(Cl)ccc(Cl)c1Sc1ncccc1N. The van der Waals surface area contributed by atoms with Crippen LogP contribution in [0.2, 0.25) is 10.0 Å². The summed E-state index contributed by atoms with van der Waals surface area (Å²) in [5.41, 5.74) is 21.1. The number of hydrogen-bond donors (Lipinski definition) is 5. The third-order valence-corrected chi connectivity index (χ3v) is 9.26. The summed E-state index contributed by atoms with van der Waals surface area (Å²) in [6.07, 6.45) is 5.81. The fourth-order valence-electron chi connectivity index (χ4n) is 4.96. The zero-order valence-electron chi connectivity index (χ0n) is 24.0. The van der Waals surface area contributed by atoms with Crippen LogP contribution in [-0.4, -0.2) is 51.9 Å². The van der Waals surface area contributed by atoms with Crippen molar-refractivity contribution in [1.82, 2.24) is 20.2 Å². The Hall–Kier alpha value is -3.28. The smallest absolute Gasteiger partial charge is 0.243 e. The molecule has 4 rings (SSSR count). The van der Waals surface area contributed by atoms with Crippen LogP contribution < -0.4 is 22.5 Å². The number of rotatable bonds is 14. The Morgan fingerprint density at radius 2 is 1.86 bits per heavy atom. The van der Waals surface area contributed by atoms with Gasteiger partial charge in [0.15, 0.2) is 0 Å². The van der Waals surface area contributed by atoms with E-state index in [0.717, 1.165) is 29.3 Å². The lowest BCUT2D eigenvalue weighted by molar-refractivity contribution is -0.141. The number of likely N-dealkylation sites (N-methyl/N-ethyl adjacent to an activating group) is 1. The van der Waals surface area contributed by atoms with Crippen LogP contribution in [0.1, 0.15) is 37.3 Å². The molecule has 0 bridgehead atoms. The first kappa shape index (κ1) is 32.6. The number of para-hydroxylation sites is 1. The van der Waals surface area contributed by atoms with Gasteiger partial charge in [0, 0.05) is 58.3 Å². The van der Waals surface area contributed by atoms with Crippen molar-refractivity contribution in [3.05, 3.63) is 82.1 Å². The number of hydrogen-bond acceptors (Lipinski definition) is 7. The molecule has 0 saturated heterocycles. The second-order valence-electron chi connectivity index (χ2n) is 10.1. The molecule has 0 fully saturated rings. The summed E-state index contributed by atoms with van der Waals surface area (Å²) in [7, 11) is 0. The van der Waals surface area contributed by atoms with Crippen molar-refractivity contribution in [1.29, 1.82) is 0 Å². The molecule has 0 aliphatic heterocycles. The fourth-order valence-corrected chi connectivity index (χ4v) is 6.49. The molecular formula is C31H37Cl2N7O2S. The topological polar surface area (TPSA) is 156 Å². The van der Waals surface area contributed by atoms with Crippen molar-refractivity contribution >= 4 is 63.4 Å². The molecule has 0 unspecified atom stereocenters. The normalized spacial score (nSPS) is 12.7. The number of nitrogens with two attached hydrogens (primary N) is 3. The first-order chi connectivity index (χ1) is 20.7. The largest absolute Gasteiger partial charge is 0.397 e. The zero-order valence-corrected chi connectivity index (χ0v) is 26.3. The van der Waals surface area contributed by atoms with E-state index in [-0.39, 0.29) is 18.4 Å². The summed E-state index contributed by atoms with van der Waals surface area (Å²) < 4.78 is 0. The van der Waals surface area contributed by atoms with Gasteiger partial charge in [0.2, 0.25) is 11.8 Å². The van der Waals surface area contributed by atoms with Crippen LogP contribution >= 0.6 is 35.0 Å². The number of fused-ring (bicyclic) bond motifs is 1. The third kappa shape index (κ3) is 8.01. The van der Waals surface area contributed by atoms with Gasteiger partial charge in [-0.2, -0.15) is 0 Å². The quantitative estimate of drug-likeness (QED) is 0.119. The molecule has 0 spiro atoms. The predicted octanol–water partition coefficient (Wildman–Crippen LogP) is 5.14. The fraction of sp³-hybridized carbons (Fsp3) is 0.323. The predicted molar refractivity (Wildman–Crippen MR) is 175 cm³/mol. The highest BCUT2D eigenvalue weighted by atomic mass is 35.5. The number of unbranched alkanes of at least 4 members (excludes halogenated alkanes) is 1. The Balaban J connectivity index is 1.62. The lowest BCUT2D eigenvalue weighted by atomic mass is 10.0. The Labute approximate surface area is 265 Å². The van der Waals surface area contributed by atoms with Crippen LogP contribution in [0.5, 0.6) is 0 Å². The molecule has 2 heterocycles. The van der Waals surface area contributed by atoms with Gasteiger partial charge in [0.05, 0.1) is 16.8 Å². The van der Waals surface area contributed by atoms with E-state index >= 15 is 0 Å². The van der Waals surface area contributed by atoms with E-state index in [1.54, 1.807) is 35.4 Å². The summed E-state index contributed by atoms with van der Waals surface area (Å²) in [5, 5.41) is 5.46. The highest BCUT2D eigenvalue weighted by Gasteiger charge is 2.32. The number of benzene rings is 2. The molecule has 0 radical (unpaired) electrons. The number of aromatic amines is 1. The molecule has 12 heteroatoms. The minimum atomic E-state index is -0.822. The third-order valence-electron chi connectivity index (χ3n) is 7.27. The van der Waals surface area contributed by atoms with Gasteiger partial charge in [-0.25, -0.2) is 4.98 Å². The van der Waals surface area contributed by atoms with Crippen LogP contribution in [0.4, 0.5) is 5.69 Å². The molecule has 4 aromatic rings. The first-order valence-corrected chi connectivity index (χ1v) is 15.8. The highest BCUT2D eigenvalue weighted by Crippen LogP contribution is 2.40. The number of nitrogens with one attached hydrogen (secondary N) is 2. The standard InChI is InChI=1S/C31H37Cl2N7O2S/c1-2-40(31(42)25(36)9-5-6-14-34)27(16-19-17-38-26-11-4-3-8-20(19)26)29(41)39-18-21-22(32)12-13-23(33)28(21)43-30-24(35)10-7-15-37-30/h3-4,7-8,10-13,15,17,25,27,38H,2,5-6,9,14,16,18,34-36H2,1H3,(H,39,41)/t25-,27-/m0/s1. The number of carbonyl (C=O) groups is 2. The number of nitrogens with zero attached hydrogens (tertiary/aromatic N) is 2. The number of pyridine rings is 1. The second-order valence-corrected chi connectivity index (χ2v) is 12.0. The van der Waals surface area contributed by atoms with Crippen LogP contribution in [0.15, 0.2) is 70.8 Å². The molecule has 0 aliphatic rings. The number of halogens is 2. The molecule has 2 atom stereocenters. The maximum atomic E-state index is 14.0. The Kier molecular flexibility index (Phi) is 11.7. The van der Waals surface area contributed by atoms with E-state index in [1.165, 1.54) is 11.8 Å². The van der Waals surface area contributed by atoms with E-state index in [1.807, 2.05) is 37.4 Å². The summed E-state index contributed by atoms with van der Waals surface area (Å²) >= 11 is 14.5. The van der Waals surface area contributed by atoms with Crippen molar-refractivity contribution in [3.8, 4) is 0 Å². The molecule has 2 amide bonds. The van der Waals surface area contributed by atoms with E-state index in [9.17, 15) is 9.59 Å². The van der Waals surface area contributed by atoms with E-state index in [2.05, 4.69) is 15.3 Å². The van der Waals surface area contributed by atoms with Gasteiger partial charge in [-0.3, -0.25) is 9.59 Å². The van der Waals surface area contributed by atoms with E-state index < -0.39 is 12.1 Å². The van der Waals surface area contributed by atoms with Crippen molar-refractivity contribution < 1.29 is 9.59 Å². The molecule has 0 aliphatic carbocycles. The Morgan fingerprint density at radius 1 is 1.09 bits per heavy atom. The maximum Gasteiger partial charge on any atom is 0.243 e. The first-order valence-electron chi connectivity index (χ1n) is 14.2. The van der Waals surface area contributed by atoms with Crippen LogP contribution in [0.25, 0.3) is 10.9 Å². The number of anilines is 1. The van der Waals surface area contributed by atoms with Gasteiger partial charge in [-0.15, -0.1) is 0 Å². The average Bonchev–Trinajstić information content (AvgIpc) is 3.42. The highest BCUT2D eigenvalue weighted by molar-refractivity contribution is 7.99. The van der Waals surface area contributed by atoms with Gasteiger partial charge >= 0.3 is 0 Å².